The fourth-order valence-electron chi connectivity index (χ4n) is 2.81. The maximum atomic E-state index is 13.0. The molecule has 0 spiro atoms. The second kappa shape index (κ2) is 10.0. The number of anilines is 1. The lowest BCUT2D eigenvalue weighted by Crippen LogP contribution is -2.50. The lowest BCUT2D eigenvalue weighted by atomic mass is 10.1. The summed E-state index contributed by atoms with van der Waals surface area (Å²) in [5.41, 5.74) is 1.56. The third kappa shape index (κ3) is 6.99. The number of aryl methyl sites for hydroxylation is 1. The van der Waals surface area contributed by atoms with Gasteiger partial charge in [0, 0.05) is 11.2 Å². The van der Waals surface area contributed by atoms with Crippen LogP contribution in [0.3, 0.4) is 0 Å². The van der Waals surface area contributed by atoms with Crippen molar-refractivity contribution in [1.29, 1.82) is 0 Å². The molecule has 1 N–H and O–H groups in total. The van der Waals surface area contributed by atoms with Crippen molar-refractivity contribution in [2.24, 2.45) is 0 Å². The molecule has 30 heavy (non-hydrogen) atoms. The number of ether oxygens (including phenoxy) is 1. The first-order chi connectivity index (χ1) is 14.1. The van der Waals surface area contributed by atoms with Gasteiger partial charge in [0.05, 0.1) is 6.42 Å². The van der Waals surface area contributed by atoms with E-state index in [1.54, 1.807) is 20.8 Å². The van der Waals surface area contributed by atoms with Crippen molar-refractivity contribution in [1.82, 2.24) is 4.90 Å². The zero-order chi connectivity index (χ0) is 22.3. The standard InChI is InChI=1S/C23H27FN2O4/c1-16-7-5-6-8-17(16)13-22(29)30-15-21(28)26(23(2,3)4)14-20(27)25-19-11-9-18(24)10-12-19/h5-12H,13-15H2,1-4H3,(H,25,27). The number of halogens is 1. The number of carbonyl (C=O) groups is 3. The number of nitrogens with one attached hydrogen (secondary N) is 1. The molecule has 2 amide bonds. The van der Waals surface area contributed by atoms with Crippen molar-refractivity contribution in [3.8, 4) is 0 Å². The summed E-state index contributed by atoms with van der Waals surface area (Å²) in [5.74, 6) is -1.83. The highest BCUT2D eigenvalue weighted by Crippen LogP contribution is 2.15. The first-order valence-electron chi connectivity index (χ1n) is 9.62. The van der Waals surface area contributed by atoms with Gasteiger partial charge in [-0.05, 0) is 63.1 Å². The summed E-state index contributed by atoms with van der Waals surface area (Å²) in [6.07, 6.45) is 0.0700. The van der Waals surface area contributed by atoms with E-state index in [2.05, 4.69) is 5.32 Å². The van der Waals surface area contributed by atoms with E-state index >= 15 is 0 Å². The van der Waals surface area contributed by atoms with Gasteiger partial charge in [-0.1, -0.05) is 24.3 Å². The number of esters is 1. The third-order valence-corrected chi connectivity index (χ3v) is 4.49. The Labute approximate surface area is 176 Å². The highest BCUT2D eigenvalue weighted by Gasteiger charge is 2.29. The van der Waals surface area contributed by atoms with E-state index in [0.29, 0.717) is 5.69 Å². The second-order valence-corrected chi connectivity index (χ2v) is 7.97. The average Bonchev–Trinajstić information content (AvgIpc) is 2.67. The first-order valence-corrected chi connectivity index (χ1v) is 9.62. The van der Waals surface area contributed by atoms with Crippen molar-refractivity contribution in [3.05, 3.63) is 65.5 Å². The Kier molecular flexibility index (Phi) is 7.69. The van der Waals surface area contributed by atoms with Crippen LogP contribution in [0.1, 0.15) is 31.9 Å². The predicted molar refractivity (Wildman–Crippen MR) is 112 cm³/mol. The van der Waals surface area contributed by atoms with Gasteiger partial charge in [-0.25, -0.2) is 4.39 Å². The minimum absolute atomic E-state index is 0.0700. The number of hydrogen-bond acceptors (Lipinski definition) is 4. The van der Waals surface area contributed by atoms with Gasteiger partial charge in [0.1, 0.15) is 12.4 Å². The summed E-state index contributed by atoms with van der Waals surface area (Å²) < 4.78 is 18.1. The molecule has 2 rings (SSSR count). The van der Waals surface area contributed by atoms with Crippen molar-refractivity contribution in [3.63, 3.8) is 0 Å². The van der Waals surface area contributed by atoms with Crippen LogP contribution in [-0.4, -0.2) is 41.4 Å². The van der Waals surface area contributed by atoms with E-state index < -0.39 is 35.7 Å². The smallest absolute Gasteiger partial charge is 0.310 e. The van der Waals surface area contributed by atoms with Crippen molar-refractivity contribution >= 4 is 23.5 Å². The van der Waals surface area contributed by atoms with Crippen LogP contribution < -0.4 is 5.32 Å². The molecule has 0 heterocycles. The Morgan fingerprint density at radius 1 is 1.03 bits per heavy atom. The molecule has 0 aromatic heterocycles. The number of benzene rings is 2. The lowest BCUT2D eigenvalue weighted by Gasteiger charge is -2.35. The number of carbonyl (C=O) groups excluding carboxylic acids is 3. The summed E-state index contributed by atoms with van der Waals surface area (Å²) in [7, 11) is 0. The first kappa shape index (κ1) is 23.1. The SMILES string of the molecule is Cc1ccccc1CC(=O)OCC(=O)N(CC(=O)Nc1ccc(F)cc1)C(C)(C)C. The molecule has 0 atom stereocenters. The van der Waals surface area contributed by atoms with E-state index in [4.69, 9.17) is 4.74 Å². The molecule has 7 heteroatoms. The van der Waals surface area contributed by atoms with Gasteiger partial charge in [-0.15, -0.1) is 0 Å². The van der Waals surface area contributed by atoms with Gasteiger partial charge in [0.15, 0.2) is 6.61 Å². The number of rotatable bonds is 7. The summed E-state index contributed by atoms with van der Waals surface area (Å²) in [6, 6.07) is 12.8. The van der Waals surface area contributed by atoms with Crippen molar-refractivity contribution < 1.29 is 23.5 Å². The van der Waals surface area contributed by atoms with Crippen molar-refractivity contribution in [2.45, 2.75) is 39.7 Å². The zero-order valence-corrected chi connectivity index (χ0v) is 17.7. The molecule has 160 valence electrons. The summed E-state index contributed by atoms with van der Waals surface area (Å²) >= 11 is 0. The Morgan fingerprint density at radius 2 is 1.67 bits per heavy atom. The molecular formula is C23H27FN2O4. The minimum atomic E-state index is -0.667. The van der Waals surface area contributed by atoms with Crippen LogP contribution in [0, 0.1) is 12.7 Å². The number of hydrogen-bond donors (Lipinski definition) is 1. The van der Waals surface area contributed by atoms with Gasteiger partial charge in [-0.2, -0.15) is 0 Å². The Balaban J connectivity index is 1.94. The Morgan fingerprint density at radius 3 is 2.27 bits per heavy atom. The van der Waals surface area contributed by atoms with Gasteiger partial charge >= 0.3 is 5.97 Å². The van der Waals surface area contributed by atoms with Crippen LogP contribution >= 0.6 is 0 Å². The summed E-state index contributed by atoms with van der Waals surface area (Å²) in [5, 5.41) is 2.62. The van der Waals surface area contributed by atoms with Crippen LogP contribution in [0.4, 0.5) is 10.1 Å². The maximum Gasteiger partial charge on any atom is 0.310 e. The minimum Gasteiger partial charge on any atom is -0.455 e. The zero-order valence-electron chi connectivity index (χ0n) is 17.7. The van der Waals surface area contributed by atoms with Gasteiger partial charge in [-0.3, -0.25) is 14.4 Å². The van der Waals surface area contributed by atoms with Crippen LogP contribution in [0.15, 0.2) is 48.5 Å². The van der Waals surface area contributed by atoms with E-state index in [-0.39, 0.29) is 13.0 Å². The summed E-state index contributed by atoms with van der Waals surface area (Å²) in [6.45, 7) is 6.57. The molecule has 0 bridgehead atoms. The monoisotopic (exact) mass is 414 g/mol. The van der Waals surface area contributed by atoms with E-state index in [1.165, 1.54) is 29.2 Å². The van der Waals surface area contributed by atoms with Gasteiger partial charge < -0.3 is 15.0 Å². The molecule has 0 aliphatic carbocycles. The Hall–Kier alpha value is -3.22. The van der Waals surface area contributed by atoms with E-state index in [9.17, 15) is 18.8 Å². The van der Waals surface area contributed by atoms with E-state index in [0.717, 1.165) is 11.1 Å². The normalized spacial score (nSPS) is 11.0. The van der Waals surface area contributed by atoms with Crippen LogP contribution in [0.2, 0.25) is 0 Å². The van der Waals surface area contributed by atoms with Crippen molar-refractivity contribution in [2.75, 3.05) is 18.5 Å². The second-order valence-electron chi connectivity index (χ2n) is 7.97. The molecule has 6 nitrogen and oxygen atoms in total. The Bertz CT molecular complexity index is 904. The molecule has 0 aliphatic rings. The highest BCUT2D eigenvalue weighted by molar-refractivity contribution is 5.95. The lowest BCUT2D eigenvalue weighted by molar-refractivity contribution is -0.154. The molecule has 0 unspecified atom stereocenters. The van der Waals surface area contributed by atoms with Crippen LogP contribution in [-0.2, 0) is 25.5 Å². The third-order valence-electron chi connectivity index (χ3n) is 4.49. The maximum absolute atomic E-state index is 13.0. The van der Waals surface area contributed by atoms with Gasteiger partial charge in [0.25, 0.3) is 5.91 Å². The molecule has 0 aliphatic heterocycles. The molecule has 0 saturated heterocycles. The molecular weight excluding hydrogens is 387 g/mol. The quantitative estimate of drug-likeness (QED) is 0.704. The predicted octanol–water partition coefficient (Wildman–Crippen LogP) is 3.49. The number of nitrogens with zero attached hydrogens (tertiary/aromatic N) is 1. The molecule has 0 radical (unpaired) electrons. The molecule has 0 fully saturated rings. The van der Waals surface area contributed by atoms with Crippen LogP contribution in [0.25, 0.3) is 0 Å². The fourth-order valence-corrected chi connectivity index (χ4v) is 2.81. The molecule has 2 aromatic rings. The molecule has 0 saturated carbocycles. The topological polar surface area (TPSA) is 75.7 Å². The fraction of sp³-hybridized carbons (Fsp3) is 0.348. The largest absolute Gasteiger partial charge is 0.455 e. The van der Waals surface area contributed by atoms with E-state index in [1.807, 2.05) is 31.2 Å². The van der Waals surface area contributed by atoms with Gasteiger partial charge in [0.2, 0.25) is 5.91 Å². The summed E-state index contributed by atoms with van der Waals surface area (Å²) in [4.78, 5) is 38.5. The van der Waals surface area contributed by atoms with Crippen LogP contribution in [0.5, 0.6) is 0 Å². The average molecular weight is 414 g/mol. The molecule has 2 aromatic carbocycles. The highest BCUT2D eigenvalue weighted by atomic mass is 19.1. The number of amides is 2.